The Morgan fingerprint density at radius 1 is 1.58 bits per heavy atom. The van der Waals surface area contributed by atoms with Gasteiger partial charge in [0.25, 0.3) is 0 Å². The molecule has 1 rings (SSSR count). The van der Waals surface area contributed by atoms with Crippen LogP contribution in [0.4, 0.5) is 0 Å². The summed E-state index contributed by atoms with van der Waals surface area (Å²) in [4.78, 5) is 3.71. The first-order valence-corrected chi connectivity index (χ1v) is 3.72. The summed E-state index contributed by atoms with van der Waals surface area (Å²) in [5.41, 5.74) is 5.92. The van der Waals surface area contributed by atoms with Crippen molar-refractivity contribution in [3.05, 3.63) is 29.8 Å². The Labute approximate surface area is 75.5 Å². The summed E-state index contributed by atoms with van der Waals surface area (Å²) in [5, 5.41) is 9.13. The lowest BCUT2D eigenvalue weighted by Gasteiger charge is -1.92. The third kappa shape index (κ3) is 2.67. The first kappa shape index (κ1) is 8.67. The summed E-state index contributed by atoms with van der Waals surface area (Å²) in [6.45, 7) is 0. The number of hydrogen-bond donors (Lipinski definition) is 2. The molecule has 0 fully saturated rings. The van der Waals surface area contributed by atoms with Crippen molar-refractivity contribution in [2.24, 2.45) is 10.7 Å². The smallest absolute Gasteiger partial charge is 0.190 e. The molecule has 0 radical (unpaired) electrons. The number of nitrogens with two attached hydrogens (primary N) is 1. The number of aliphatic imine (C=N–C) groups is 1. The van der Waals surface area contributed by atoms with Gasteiger partial charge in [-0.3, -0.25) is 0 Å². The maximum atomic E-state index is 9.05. The Balaban J connectivity index is 2.83. The molecular weight excluding hydrogens is 172 g/mol. The molecule has 0 aliphatic carbocycles. The quantitative estimate of drug-likeness (QED) is 0.501. The molecule has 62 valence electrons. The van der Waals surface area contributed by atoms with Crippen molar-refractivity contribution in [1.29, 1.82) is 0 Å². The van der Waals surface area contributed by atoms with Crippen LogP contribution in [0.15, 0.2) is 29.3 Å². The van der Waals surface area contributed by atoms with Crippen molar-refractivity contribution in [2.45, 2.75) is 0 Å². The molecule has 4 heteroatoms. The molecule has 0 bridgehead atoms. The minimum Gasteiger partial charge on any atom is -0.508 e. The van der Waals surface area contributed by atoms with Crippen LogP contribution in [-0.2, 0) is 0 Å². The van der Waals surface area contributed by atoms with Gasteiger partial charge >= 0.3 is 0 Å². The molecule has 1 aromatic rings. The molecule has 0 aliphatic heterocycles. The van der Waals surface area contributed by atoms with Crippen molar-refractivity contribution in [3.8, 4) is 5.75 Å². The lowest BCUT2D eigenvalue weighted by atomic mass is 10.2. The average Bonchev–Trinajstić information content (AvgIpc) is 2.01. The molecule has 0 spiro atoms. The number of thiocarbonyl (C=S) groups is 1. The molecule has 0 saturated carbocycles. The van der Waals surface area contributed by atoms with Crippen molar-refractivity contribution in [1.82, 2.24) is 0 Å². The van der Waals surface area contributed by atoms with Crippen LogP contribution in [0.2, 0.25) is 0 Å². The fraction of sp³-hybridized carbons (Fsp3) is 0. The maximum absolute atomic E-state index is 9.05. The van der Waals surface area contributed by atoms with Crippen LogP contribution in [0, 0.1) is 0 Å². The fourth-order valence-corrected chi connectivity index (χ4v) is 0.796. The maximum Gasteiger partial charge on any atom is 0.190 e. The van der Waals surface area contributed by atoms with Crippen LogP contribution in [0.1, 0.15) is 5.56 Å². The largest absolute Gasteiger partial charge is 0.508 e. The highest BCUT2D eigenvalue weighted by atomic mass is 32.1. The van der Waals surface area contributed by atoms with Gasteiger partial charge in [-0.2, -0.15) is 0 Å². The summed E-state index contributed by atoms with van der Waals surface area (Å²) in [6, 6.07) is 6.66. The Morgan fingerprint density at radius 2 is 2.33 bits per heavy atom. The summed E-state index contributed by atoms with van der Waals surface area (Å²) in [5.74, 6) is 0.196. The van der Waals surface area contributed by atoms with Crippen molar-refractivity contribution in [2.75, 3.05) is 0 Å². The van der Waals surface area contributed by atoms with E-state index in [9.17, 15) is 0 Å². The Morgan fingerprint density at radius 3 is 2.92 bits per heavy atom. The molecule has 1 aromatic carbocycles. The molecule has 0 atom stereocenters. The minimum absolute atomic E-state index is 0.0818. The van der Waals surface area contributed by atoms with Crippen LogP contribution < -0.4 is 5.73 Å². The summed E-state index contributed by atoms with van der Waals surface area (Å²) >= 11 is 4.54. The van der Waals surface area contributed by atoms with Gasteiger partial charge in [-0.25, -0.2) is 4.99 Å². The van der Waals surface area contributed by atoms with E-state index in [4.69, 9.17) is 10.8 Å². The van der Waals surface area contributed by atoms with Crippen molar-refractivity contribution in [3.63, 3.8) is 0 Å². The number of aromatic hydroxyl groups is 1. The highest BCUT2D eigenvalue weighted by Gasteiger charge is 1.89. The van der Waals surface area contributed by atoms with E-state index in [0.29, 0.717) is 0 Å². The van der Waals surface area contributed by atoms with Gasteiger partial charge in [-0.05, 0) is 29.9 Å². The predicted octanol–water partition coefficient (Wildman–Crippen LogP) is 1.05. The molecule has 0 aliphatic rings. The molecule has 12 heavy (non-hydrogen) atoms. The van der Waals surface area contributed by atoms with Gasteiger partial charge in [0.2, 0.25) is 0 Å². The Hall–Kier alpha value is -1.42. The number of hydrogen-bond acceptors (Lipinski definition) is 2. The van der Waals surface area contributed by atoms with Gasteiger partial charge in [-0.1, -0.05) is 12.1 Å². The van der Waals surface area contributed by atoms with E-state index in [1.54, 1.807) is 24.3 Å². The monoisotopic (exact) mass is 180 g/mol. The third-order valence-corrected chi connectivity index (χ3v) is 1.32. The van der Waals surface area contributed by atoms with E-state index >= 15 is 0 Å². The third-order valence-electron chi connectivity index (χ3n) is 1.21. The van der Waals surface area contributed by atoms with E-state index in [0.717, 1.165) is 5.56 Å². The summed E-state index contributed by atoms with van der Waals surface area (Å²) in [7, 11) is 0. The summed E-state index contributed by atoms with van der Waals surface area (Å²) < 4.78 is 0. The van der Waals surface area contributed by atoms with Gasteiger partial charge in [0.15, 0.2) is 5.11 Å². The first-order chi connectivity index (χ1) is 5.68. The van der Waals surface area contributed by atoms with Gasteiger partial charge < -0.3 is 10.8 Å². The van der Waals surface area contributed by atoms with Gasteiger partial charge in [0.1, 0.15) is 5.75 Å². The zero-order valence-electron chi connectivity index (χ0n) is 6.27. The zero-order valence-corrected chi connectivity index (χ0v) is 7.08. The molecular formula is C8H8N2OS. The second-order valence-electron chi connectivity index (χ2n) is 2.19. The van der Waals surface area contributed by atoms with E-state index in [2.05, 4.69) is 17.2 Å². The summed E-state index contributed by atoms with van der Waals surface area (Å²) in [6.07, 6.45) is 1.50. The Bertz CT molecular complexity index is 323. The average molecular weight is 180 g/mol. The minimum atomic E-state index is 0.0818. The number of nitrogens with zero attached hydrogens (tertiary/aromatic N) is 1. The van der Waals surface area contributed by atoms with E-state index < -0.39 is 0 Å². The van der Waals surface area contributed by atoms with Gasteiger partial charge in [0.05, 0.1) is 0 Å². The molecule has 0 amide bonds. The van der Waals surface area contributed by atoms with E-state index in [-0.39, 0.29) is 10.9 Å². The highest BCUT2D eigenvalue weighted by Crippen LogP contribution is 2.08. The van der Waals surface area contributed by atoms with Crippen molar-refractivity contribution >= 4 is 23.5 Å². The fourth-order valence-electron chi connectivity index (χ4n) is 0.743. The zero-order chi connectivity index (χ0) is 8.97. The lowest BCUT2D eigenvalue weighted by Crippen LogP contribution is -2.03. The number of benzene rings is 1. The van der Waals surface area contributed by atoms with Crippen LogP contribution in [0.3, 0.4) is 0 Å². The second-order valence-corrected chi connectivity index (χ2v) is 2.61. The number of rotatable bonds is 1. The number of phenols is 1. The van der Waals surface area contributed by atoms with Crippen LogP contribution >= 0.6 is 12.2 Å². The highest BCUT2D eigenvalue weighted by molar-refractivity contribution is 7.80. The first-order valence-electron chi connectivity index (χ1n) is 3.31. The number of phenolic OH excluding ortho intramolecular Hbond substituents is 1. The van der Waals surface area contributed by atoms with E-state index in [1.165, 1.54) is 6.21 Å². The van der Waals surface area contributed by atoms with Crippen molar-refractivity contribution < 1.29 is 5.11 Å². The second kappa shape index (κ2) is 3.82. The van der Waals surface area contributed by atoms with Crippen LogP contribution in [-0.4, -0.2) is 16.4 Å². The van der Waals surface area contributed by atoms with Gasteiger partial charge in [-0.15, -0.1) is 0 Å². The van der Waals surface area contributed by atoms with Crippen LogP contribution in [0.5, 0.6) is 5.75 Å². The topological polar surface area (TPSA) is 58.6 Å². The SMILES string of the molecule is NC(=S)/N=C/c1cccc(O)c1. The molecule has 3 N–H and O–H groups in total. The Kier molecular flexibility index (Phi) is 2.76. The molecule has 0 aromatic heterocycles. The lowest BCUT2D eigenvalue weighted by molar-refractivity contribution is 0.475. The molecule has 3 nitrogen and oxygen atoms in total. The molecule has 0 heterocycles. The standard InChI is InChI=1S/C8H8N2OS/c9-8(12)10-5-6-2-1-3-7(11)4-6/h1-5,11H,(H2,9,12)/b10-5+. The van der Waals surface area contributed by atoms with Gasteiger partial charge in [0, 0.05) is 6.21 Å². The normalized spacial score (nSPS) is 10.3. The molecule has 0 saturated heterocycles. The molecule has 0 unspecified atom stereocenters. The van der Waals surface area contributed by atoms with E-state index in [1.807, 2.05) is 0 Å². The predicted molar refractivity (Wildman–Crippen MR) is 52.5 cm³/mol. The van der Waals surface area contributed by atoms with Crippen LogP contribution in [0.25, 0.3) is 0 Å².